The van der Waals surface area contributed by atoms with Crippen LogP contribution in [0, 0.1) is 0 Å². The van der Waals surface area contributed by atoms with E-state index in [1.165, 1.54) is 13.2 Å². The summed E-state index contributed by atoms with van der Waals surface area (Å²) in [6.45, 7) is 1.81. The lowest BCUT2D eigenvalue weighted by atomic mass is 9.99. The molecule has 0 radical (unpaired) electrons. The molecule has 0 aromatic heterocycles. The van der Waals surface area contributed by atoms with Crippen molar-refractivity contribution in [1.82, 2.24) is 10.2 Å². The van der Waals surface area contributed by atoms with Gasteiger partial charge in [-0.05, 0) is 6.92 Å². The number of fused-ring (bicyclic) bond motifs is 1. The van der Waals surface area contributed by atoms with Crippen LogP contribution in [0.2, 0.25) is 0 Å². The number of aliphatic hydroxyl groups is 1. The van der Waals surface area contributed by atoms with E-state index in [0.717, 1.165) is 22.9 Å². The number of isocyanates is 1. The Labute approximate surface area is 168 Å². The Bertz CT molecular complexity index is 768. The summed E-state index contributed by atoms with van der Waals surface area (Å²) in [6, 6.07) is -2.39. The van der Waals surface area contributed by atoms with E-state index in [2.05, 4.69) is 25.5 Å². The highest BCUT2D eigenvalue weighted by atomic mass is 32.2. The lowest BCUT2D eigenvalue weighted by Gasteiger charge is -2.53. The first-order chi connectivity index (χ1) is 13.9. The van der Waals surface area contributed by atoms with Gasteiger partial charge in [-0.25, -0.2) is 9.59 Å². The maximum Gasteiger partial charge on any atom is 0.329 e. The van der Waals surface area contributed by atoms with Crippen LogP contribution in [0.4, 0.5) is 0 Å². The molecule has 2 saturated heterocycles. The van der Waals surface area contributed by atoms with E-state index in [4.69, 9.17) is 4.74 Å². The van der Waals surface area contributed by atoms with Gasteiger partial charge in [0.1, 0.15) is 24.6 Å². The Morgan fingerprint density at radius 3 is 2.83 bits per heavy atom. The summed E-state index contributed by atoms with van der Waals surface area (Å²) in [5.74, 6) is -2.70. The number of oxime groups is 1. The zero-order valence-corrected chi connectivity index (χ0v) is 16.2. The molecule has 0 bridgehead atoms. The zero-order chi connectivity index (χ0) is 21.6. The van der Waals surface area contributed by atoms with Crippen molar-refractivity contribution in [3.05, 3.63) is 0 Å². The number of carboxylic acids is 1. The highest BCUT2D eigenvalue weighted by molar-refractivity contribution is 8.00. The third-order valence-electron chi connectivity index (χ3n) is 4.06. The average Bonchev–Trinajstić information content (AvgIpc) is 2.69. The van der Waals surface area contributed by atoms with Crippen molar-refractivity contribution >= 4 is 47.6 Å². The van der Waals surface area contributed by atoms with E-state index in [1.807, 2.05) is 0 Å². The second kappa shape index (κ2) is 10.1. The molecule has 2 fully saturated rings. The smallest absolute Gasteiger partial charge is 0.329 e. The summed E-state index contributed by atoms with van der Waals surface area (Å²) >= 11 is 1.15. The van der Waals surface area contributed by atoms with Crippen LogP contribution < -0.4 is 5.32 Å². The normalized spacial score (nSPS) is 27.5. The number of carbonyl (C=O) groups excluding carboxylic acids is 3. The van der Waals surface area contributed by atoms with Gasteiger partial charge in [-0.2, -0.15) is 0 Å². The summed E-state index contributed by atoms with van der Waals surface area (Å²) in [7, 11) is 1.20. The van der Waals surface area contributed by atoms with Crippen LogP contribution in [-0.2, 0) is 28.8 Å². The maximum absolute atomic E-state index is 12.7. The Hall–Kier alpha value is -2.80. The number of hydrogen-bond acceptors (Lipinski definition) is 11. The molecule has 0 aliphatic carbocycles. The van der Waals surface area contributed by atoms with Crippen LogP contribution >= 0.6 is 11.8 Å². The summed E-state index contributed by atoms with van der Waals surface area (Å²) in [5, 5.41) is 30.9. The SMILES string of the molecule is CCOC(C=NN=C=O)C(=NOC)C(=O)NC1C(=O)N2C(C(=O)O)C(O)CS[C@H]12. The number of carboxylic acid groups (broad SMARTS) is 1. The van der Waals surface area contributed by atoms with Crippen LogP contribution in [0.3, 0.4) is 0 Å². The maximum atomic E-state index is 12.7. The van der Waals surface area contributed by atoms with Crippen LogP contribution in [-0.4, -0.2) is 100 Å². The highest BCUT2D eigenvalue weighted by Crippen LogP contribution is 2.38. The number of ether oxygens (including phenoxy) is 1. The molecule has 14 heteroatoms. The predicted molar refractivity (Wildman–Crippen MR) is 98.9 cm³/mol. The van der Waals surface area contributed by atoms with Gasteiger partial charge in [0.2, 0.25) is 5.91 Å². The predicted octanol–water partition coefficient (Wildman–Crippen LogP) is -2.07. The molecule has 3 N–H and O–H groups in total. The number of thioether (sulfide) groups is 1. The summed E-state index contributed by atoms with van der Waals surface area (Å²) in [5.41, 5.74) is -0.291. The van der Waals surface area contributed by atoms with Crippen LogP contribution in [0.5, 0.6) is 0 Å². The fraction of sp³-hybridized carbons (Fsp3) is 0.600. The Kier molecular flexibility index (Phi) is 7.84. The van der Waals surface area contributed by atoms with Crippen molar-refractivity contribution in [3.63, 3.8) is 0 Å². The molecule has 0 aromatic carbocycles. The van der Waals surface area contributed by atoms with E-state index in [9.17, 15) is 29.4 Å². The van der Waals surface area contributed by atoms with Crippen LogP contribution in [0.25, 0.3) is 0 Å². The molecule has 2 rings (SSSR count). The first-order valence-corrected chi connectivity index (χ1v) is 9.40. The zero-order valence-electron chi connectivity index (χ0n) is 15.4. The molecular weight excluding hydrogens is 410 g/mol. The van der Waals surface area contributed by atoms with Gasteiger partial charge in [0.05, 0.1) is 12.3 Å². The number of rotatable bonds is 9. The summed E-state index contributed by atoms with van der Waals surface area (Å²) in [6.07, 6.45) is -0.107. The molecule has 4 unspecified atom stereocenters. The third-order valence-corrected chi connectivity index (χ3v) is 5.43. The third kappa shape index (κ3) is 4.79. The number of aliphatic carboxylic acids is 1. The van der Waals surface area contributed by atoms with E-state index < -0.39 is 47.4 Å². The van der Waals surface area contributed by atoms with E-state index in [0.29, 0.717) is 0 Å². The molecule has 0 saturated carbocycles. The van der Waals surface area contributed by atoms with Gasteiger partial charge in [0, 0.05) is 12.4 Å². The van der Waals surface area contributed by atoms with Crippen molar-refractivity contribution in [2.75, 3.05) is 19.5 Å². The lowest BCUT2D eigenvalue weighted by Crippen LogP contribution is -2.77. The number of nitrogens with one attached hydrogen (secondary N) is 1. The second-order valence-corrected chi connectivity index (χ2v) is 6.91. The molecule has 2 aliphatic heterocycles. The van der Waals surface area contributed by atoms with E-state index in [1.54, 1.807) is 6.92 Å². The molecular formula is C15H19N5O8S. The van der Waals surface area contributed by atoms with E-state index >= 15 is 0 Å². The molecule has 29 heavy (non-hydrogen) atoms. The van der Waals surface area contributed by atoms with Gasteiger partial charge < -0.3 is 30.0 Å². The summed E-state index contributed by atoms with van der Waals surface area (Å²) in [4.78, 5) is 52.3. The largest absolute Gasteiger partial charge is 0.480 e. The molecule has 5 atom stereocenters. The Morgan fingerprint density at radius 2 is 2.24 bits per heavy atom. The van der Waals surface area contributed by atoms with Crippen LogP contribution in [0.1, 0.15) is 6.92 Å². The first-order valence-electron chi connectivity index (χ1n) is 8.35. The standard InChI is InChI=1S/C15H19N5O8S/c1-3-28-8(4-16-17-6-21)9(19-27-2)12(23)18-10-13(24)20-11(15(25)26)7(22)5-29-14(10)20/h4,7-8,10-11,14,22H,3,5H2,1-2H3,(H,18,23)(H,25,26)/t7?,8?,10?,11?,14-/m1/s1. The molecule has 0 aromatic rings. The molecule has 0 spiro atoms. The highest BCUT2D eigenvalue weighted by Gasteiger charge is 2.58. The Morgan fingerprint density at radius 1 is 1.52 bits per heavy atom. The minimum absolute atomic E-state index is 0.0920. The average molecular weight is 429 g/mol. The number of β-lactam (4-membered cyclic amide) rings is 1. The van der Waals surface area contributed by atoms with Gasteiger partial charge in [-0.3, -0.25) is 9.59 Å². The van der Waals surface area contributed by atoms with Crippen molar-refractivity contribution in [3.8, 4) is 0 Å². The van der Waals surface area contributed by atoms with Crippen molar-refractivity contribution in [1.29, 1.82) is 0 Å². The van der Waals surface area contributed by atoms with Gasteiger partial charge in [0.15, 0.2) is 11.8 Å². The first kappa shape index (κ1) is 22.5. The second-order valence-electron chi connectivity index (χ2n) is 5.76. The molecule has 13 nitrogen and oxygen atoms in total. The number of hydrogen-bond donors (Lipinski definition) is 3. The van der Waals surface area contributed by atoms with E-state index in [-0.39, 0.29) is 18.1 Å². The number of amides is 2. The minimum atomic E-state index is -1.38. The monoisotopic (exact) mass is 429 g/mol. The van der Waals surface area contributed by atoms with Crippen molar-refractivity contribution in [2.45, 2.75) is 36.6 Å². The Balaban J connectivity index is 2.16. The van der Waals surface area contributed by atoms with Gasteiger partial charge in [0.25, 0.3) is 12.0 Å². The number of nitrogens with zero attached hydrogens (tertiary/aromatic N) is 4. The molecule has 2 heterocycles. The molecule has 158 valence electrons. The van der Waals surface area contributed by atoms with Gasteiger partial charge in [-0.1, -0.05) is 10.3 Å². The molecule has 2 aliphatic rings. The fourth-order valence-electron chi connectivity index (χ4n) is 2.87. The van der Waals surface area contributed by atoms with Crippen molar-refractivity contribution in [2.24, 2.45) is 15.4 Å². The molecule has 2 amide bonds. The van der Waals surface area contributed by atoms with Crippen molar-refractivity contribution < 1.29 is 39.0 Å². The number of carbonyl (C=O) groups is 3. The lowest BCUT2D eigenvalue weighted by molar-refractivity contribution is -0.167. The minimum Gasteiger partial charge on any atom is -0.480 e. The van der Waals surface area contributed by atoms with Crippen LogP contribution in [0.15, 0.2) is 15.4 Å². The number of aliphatic hydroxyl groups excluding tert-OH is 1. The van der Waals surface area contributed by atoms with Gasteiger partial charge >= 0.3 is 5.97 Å². The summed E-state index contributed by atoms with van der Waals surface area (Å²) < 4.78 is 5.33. The fourth-order valence-corrected chi connectivity index (χ4v) is 4.22. The quantitative estimate of drug-likeness (QED) is 0.161. The van der Waals surface area contributed by atoms with Gasteiger partial charge in [-0.15, -0.1) is 16.9 Å². The topological polar surface area (TPSA) is 180 Å².